The van der Waals surface area contributed by atoms with Crippen molar-refractivity contribution in [3.8, 4) is 11.5 Å². The zero-order valence-electron chi connectivity index (χ0n) is 12.3. The molecule has 0 aromatic heterocycles. The van der Waals surface area contributed by atoms with Gasteiger partial charge in [0.2, 0.25) is 5.91 Å². The number of hydrogen-bond donors (Lipinski definition) is 1. The van der Waals surface area contributed by atoms with Crippen molar-refractivity contribution in [3.05, 3.63) is 23.8 Å². The number of ether oxygens (including phenoxy) is 2. The van der Waals surface area contributed by atoms with E-state index in [1.54, 1.807) is 13.3 Å². The maximum atomic E-state index is 11.4. The van der Waals surface area contributed by atoms with Crippen molar-refractivity contribution in [1.82, 2.24) is 5.43 Å². The molecule has 1 rings (SSSR count). The molecule has 0 aliphatic carbocycles. The van der Waals surface area contributed by atoms with Crippen LogP contribution in [0.15, 0.2) is 23.3 Å². The summed E-state index contributed by atoms with van der Waals surface area (Å²) in [7, 11) is 1.58. The minimum atomic E-state index is -0.0805. The minimum absolute atomic E-state index is 0.0805. The number of rotatable bonds is 8. The number of carbonyl (C=O) groups is 1. The van der Waals surface area contributed by atoms with E-state index < -0.39 is 0 Å². The van der Waals surface area contributed by atoms with Crippen molar-refractivity contribution >= 4 is 12.1 Å². The molecule has 0 aliphatic rings. The van der Waals surface area contributed by atoms with Crippen LogP contribution in [0.4, 0.5) is 0 Å². The van der Waals surface area contributed by atoms with Gasteiger partial charge in [0.25, 0.3) is 0 Å². The number of amides is 1. The molecule has 110 valence electrons. The molecule has 1 aromatic rings. The van der Waals surface area contributed by atoms with Crippen LogP contribution in [0.25, 0.3) is 0 Å². The van der Waals surface area contributed by atoms with Gasteiger partial charge in [-0.05, 0) is 25.5 Å². The third kappa shape index (κ3) is 4.91. The van der Waals surface area contributed by atoms with E-state index in [0.29, 0.717) is 24.5 Å². The molecule has 5 nitrogen and oxygen atoms in total. The Morgan fingerprint density at radius 1 is 1.40 bits per heavy atom. The second-order valence-electron chi connectivity index (χ2n) is 4.21. The summed E-state index contributed by atoms with van der Waals surface area (Å²) < 4.78 is 10.8. The number of nitrogens with zero attached hydrogens (tertiary/aromatic N) is 1. The summed E-state index contributed by atoms with van der Waals surface area (Å²) in [6.45, 7) is 4.51. The average Bonchev–Trinajstić information content (AvgIpc) is 2.45. The molecule has 0 bridgehead atoms. The lowest BCUT2D eigenvalue weighted by atomic mass is 10.2. The van der Waals surface area contributed by atoms with Gasteiger partial charge < -0.3 is 9.47 Å². The van der Waals surface area contributed by atoms with Gasteiger partial charge in [0, 0.05) is 12.0 Å². The molecule has 1 amide bonds. The molecule has 5 heteroatoms. The van der Waals surface area contributed by atoms with E-state index in [1.807, 2.05) is 32.0 Å². The number of benzene rings is 1. The van der Waals surface area contributed by atoms with Gasteiger partial charge in [-0.1, -0.05) is 19.4 Å². The molecule has 0 radical (unpaired) electrons. The maximum absolute atomic E-state index is 11.4. The lowest BCUT2D eigenvalue weighted by Gasteiger charge is -2.11. The van der Waals surface area contributed by atoms with Crippen LogP contribution in [0, 0.1) is 0 Å². The van der Waals surface area contributed by atoms with Crippen LogP contribution in [-0.4, -0.2) is 25.8 Å². The summed E-state index contributed by atoms with van der Waals surface area (Å²) in [5.74, 6) is 1.19. The quantitative estimate of drug-likeness (QED) is 0.587. The van der Waals surface area contributed by atoms with Gasteiger partial charge in [-0.25, -0.2) is 5.43 Å². The van der Waals surface area contributed by atoms with Crippen molar-refractivity contribution in [1.29, 1.82) is 0 Å². The van der Waals surface area contributed by atoms with Crippen molar-refractivity contribution in [3.63, 3.8) is 0 Å². The average molecular weight is 278 g/mol. The molecule has 0 saturated carbocycles. The van der Waals surface area contributed by atoms with Crippen LogP contribution in [-0.2, 0) is 4.79 Å². The molecule has 0 heterocycles. The lowest BCUT2D eigenvalue weighted by molar-refractivity contribution is -0.121. The fourth-order valence-electron chi connectivity index (χ4n) is 1.69. The van der Waals surface area contributed by atoms with Gasteiger partial charge >= 0.3 is 0 Å². The van der Waals surface area contributed by atoms with Gasteiger partial charge in [0.1, 0.15) is 0 Å². The van der Waals surface area contributed by atoms with Gasteiger partial charge in [-0.2, -0.15) is 5.10 Å². The van der Waals surface area contributed by atoms with Crippen molar-refractivity contribution in [2.75, 3.05) is 13.7 Å². The number of methoxy groups -OCH3 is 1. The topological polar surface area (TPSA) is 59.9 Å². The Morgan fingerprint density at radius 2 is 2.20 bits per heavy atom. The molecular weight excluding hydrogens is 256 g/mol. The number of para-hydroxylation sites is 1. The largest absolute Gasteiger partial charge is 0.492 e. The third-order valence-corrected chi connectivity index (χ3v) is 2.66. The van der Waals surface area contributed by atoms with E-state index >= 15 is 0 Å². The molecule has 1 N–H and O–H groups in total. The summed E-state index contributed by atoms with van der Waals surface area (Å²) in [5.41, 5.74) is 3.26. The third-order valence-electron chi connectivity index (χ3n) is 2.66. The molecule has 0 atom stereocenters. The van der Waals surface area contributed by atoms with Crippen molar-refractivity contribution in [2.24, 2.45) is 5.10 Å². The normalized spacial score (nSPS) is 10.6. The highest BCUT2D eigenvalue weighted by Gasteiger charge is 2.08. The van der Waals surface area contributed by atoms with E-state index in [0.717, 1.165) is 18.4 Å². The summed E-state index contributed by atoms with van der Waals surface area (Å²) in [6, 6.07) is 5.54. The molecule has 0 saturated heterocycles. The van der Waals surface area contributed by atoms with E-state index in [9.17, 15) is 4.79 Å². The smallest absolute Gasteiger partial charge is 0.240 e. The number of hydrazone groups is 1. The Bertz CT molecular complexity index is 458. The summed E-state index contributed by atoms with van der Waals surface area (Å²) in [5, 5.41) is 3.94. The highest BCUT2D eigenvalue weighted by molar-refractivity contribution is 5.86. The second-order valence-corrected chi connectivity index (χ2v) is 4.21. The molecule has 0 spiro atoms. The highest BCUT2D eigenvalue weighted by atomic mass is 16.5. The van der Waals surface area contributed by atoms with Crippen LogP contribution >= 0.6 is 0 Å². The predicted molar refractivity (Wildman–Crippen MR) is 79.4 cm³/mol. The predicted octanol–water partition coefficient (Wildman–Crippen LogP) is 2.73. The van der Waals surface area contributed by atoms with Crippen LogP contribution in [0.3, 0.4) is 0 Å². The van der Waals surface area contributed by atoms with Gasteiger partial charge in [0.15, 0.2) is 11.5 Å². The molecule has 0 fully saturated rings. The number of hydrogen-bond acceptors (Lipinski definition) is 4. The fraction of sp³-hybridized carbons (Fsp3) is 0.467. The first-order chi connectivity index (χ1) is 9.72. The first-order valence-corrected chi connectivity index (χ1v) is 6.84. The van der Waals surface area contributed by atoms with Crippen LogP contribution in [0.1, 0.15) is 38.7 Å². The first kappa shape index (κ1) is 16.0. The SMILES string of the molecule is CCCCC(=O)N/N=C/c1cccc(OCC)c1OC. The standard InChI is InChI=1S/C15H22N2O3/c1-4-6-10-14(18)17-16-11-12-8-7-9-13(20-5-2)15(12)19-3/h7-9,11H,4-6,10H2,1-3H3,(H,17,18)/b16-11+. The summed E-state index contributed by atoms with van der Waals surface area (Å²) >= 11 is 0. The zero-order chi connectivity index (χ0) is 14.8. The van der Waals surface area contributed by atoms with E-state index in [4.69, 9.17) is 9.47 Å². The summed E-state index contributed by atoms with van der Waals surface area (Å²) in [4.78, 5) is 11.4. The maximum Gasteiger partial charge on any atom is 0.240 e. The Hall–Kier alpha value is -2.04. The van der Waals surface area contributed by atoms with Crippen molar-refractivity contribution < 1.29 is 14.3 Å². The van der Waals surface area contributed by atoms with Crippen LogP contribution < -0.4 is 14.9 Å². The fourth-order valence-corrected chi connectivity index (χ4v) is 1.69. The van der Waals surface area contributed by atoms with Crippen molar-refractivity contribution in [2.45, 2.75) is 33.1 Å². The molecule has 0 aliphatic heterocycles. The minimum Gasteiger partial charge on any atom is -0.492 e. The molecule has 20 heavy (non-hydrogen) atoms. The van der Waals surface area contributed by atoms with Gasteiger partial charge in [0.05, 0.1) is 19.9 Å². The van der Waals surface area contributed by atoms with E-state index in [2.05, 4.69) is 10.5 Å². The zero-order valence-corrected chi connectivity index (χ0v) is 12.3. The monoisotopic (exact) mass is 278 g/mol. The Kier molecular flexibility index (Phi) is 7.17. The Labute approximate surface area is 120 Å². The van der Waals surface area contributed by atoms with Crippen LogP contribution in [0.2, 0.25) is 0 Å². The van der Waals surface area contributed by atoms with Gasteiger partial charge in [-0.3, -0.25) is 4.79 Å². The number of carbonyl (C=O) groups excluding carboxylic acids is 1. The Balaban J connectivity index is 2.71. The van der Waals surface area contributed by atoms with Gasteiger partial charge in [-0.15, -0.1) is 0 Å². The Morgan fingerprint density at radius 3 is 2.85 bits per heavy atom. The van der Waals surface area contributed by atoms with E-state index in [-0.39, 0.29) is 5.91 Å². The highest BCUT2D eigenvalue weighted by Crippen LogP contribution is 2.29. The first-order valence-electron chi connectivity index (χ1n) is 6.84. The number of unbranched alkanes of at least 4 members (excludes halogenated alkanes) is 1. The molecular formula is C15H22N2O3. The van der Waals surface area contributed by atoms with Crippen LogP contribution in [0.5, 0.6) is 11.5 Å². The molecule has 1 aromatic carbocycles. The lowest BCUT2D eigenvalue weighted by Crippen LogP contribution is -2.16. The van der Waals surface area contributed by atoms with E-state index in [1.165, 1.54) is 0 Å². The second kappa shape index (κ2) is 8.96. The summed E-state index contributed by atoms with van der Waals surface area (Å²) in [6.07, 6.45) is 3.90. The molecule has 0 unspecified atom stereocenters. The number of nitrogens with one attached hydrogen (secondary N) is 1.